The zero-order valence-corrected chi connectivity index (χ0v) is 10.1. The zero-order chi connectivity index (χ0) is 12.3. The standard InChI is InChI=1S/C13H19N3O/c1-9(10-4-6-15-7-5-10)16-13(17)8-12(14)11-2-3-11/h4-7,9,11-12H,2-3,8,14H2,1H3,(H,16,17)/t9-,12?/m0/s1. The van der Waals surface area contributed by atoms with Crippen molar-refractivity contribution in [2.75, 3.05) is 0 Å². The van der Waals surface area contributed by atoms with E-state index in [1.165, 1.54) is 12.8 Å². The van der Waals surface area contributed by atoms with E-state index < -0.39 is 0 Å². The zero-order valence-electron chi connectivity index (χ0n) is 10.1. The number of hydrogen-bond donors (Lipinski definition) is 2. The molecule has 1 heterocycles. The number of amides is 1. The predicted octanol–water partition coefficient (Wildman–Crippen LogP) is 1.39. The van der Waals surface area contributed by atoms with Gasteiger partial charge in [0, 0.05) is 24.9 Å². The highest BCUT2D eigenvalue weighted by atomic mass is 16.1. The molecule has 1 aliphatic carbocycles. The molecule has 1 amide bonds. The van der Waals surface area contributed by atoms with E-state index in [-0.39, 0.29) is 18.0 Å². The molecule has 0 aliphatic heterocycles. The number of rotatable bonds is 5. The van der Waals surface area contributed by atoms with Crippen LogP contribution in [-0.4, -0.2) is 16.9 Å². The van der Waals surface area contributed by atoms with Gasteiger partial charge in [-0.05, 0) is 43.4 Å². The molecule has 4 heteroatoms. The summed E-state index contributed by atoms with van der Waals surface area (Å²) in [5.41, 5.74) is 6.99. The number of nitrogens with two attached hydrogens (primary N) is 1. The number of aromatic nitrogens is 1. The highest BCUT2D eigenvalue weighted by Gasteiger charge is 2.29. The quantitative estimate of drug-likeness (QED) is 0.807. The molecule has 4 nitrogen and oxygen atoms in total. The number of nitrogens with zero attached hydrogens (tertiary/aromatic N) is 1. The lowest BCUT2D eigenvalue weighted by Crippen LogP contribution is -2.34. The third-order valence-corrected chi connectivity index (χ3v) is 3.23. The predicted molar refractivity (Wildman–Crippen MR) is 66.1 cm³/mol. The Morgan fingerprint density at radius 2 is 2.18 bits per heavy atom. The summed E-state index contributed by atoms with van der Waals surface area (Å²) in [6, 6.07) is 3.86. The summed E-state index contributed by atoms with van der Waals surface area (Å²) < 4.78 is 0. The molecule has 17 heavy (non-hydrogen) atoms. The maximum atomic E-state index is 11.8. The smallest absolute Gasteiger partial charge is 0.222 e. The molecule has 2 atom stereocenters. The molecule has 0 aromatic carbocycles. The first-order chi connectivity index (χ1) is 8.16. The van der Waals surface area contributed by atoms with Gasteiger partial charge in [0.1, 0.15) is 0 Å². The Kier molecular flexibility index (Phi) is 3.74. The molecule has 1 saturated carbocycles. The molecular weight excluding hydrogens is 214 g/mol. The molecule has 1 aromatic rings. The van der Waals surface area contributed by atoms with Crippen LogP contribution < -0.4 is 11.1 Å². The molecule has 0 bridgehead atoms. The van der Waals surface area contributed by atoms with Gasteiger partial charge in [0.2, 0.25) is 5.91 Å². The maximum absolute atomic E-state index is 11.8. The lowest BCUT2D eigenvalue weighted by Gasteiger charge is -2.16. The third-order valence-electron chi connectivity index (χ3n) is 3.23. The molecule has 1 aromatic heterocycles. The van der Waals surface area contributed by atoms with E-state index in [4.69, 9.17) is 5.73 Å². The molecule has 92 valence electrons. The Bertz CT molecular complexity index is 376. The molecule has 1 unspecified atom stereocenters. The van der Waals surface area contributed by atoms with Crippen LogP contribution in [0.3, 0.4) is 0 Å². The second-order valence-electron chi connectivity index (χ2n) is 4.78. The van der Waals surface area contributed by atoms with Crippen LogP contribution in [0.2, 0.25) is 0 Å². The number of hydrogen-bond acceptors (Lipinski definition) is 3. The average molecular weight is 233 g/mol. The fourth-order valence-corrected chi connectivity index (χ4v) is 1.94. The first-order valence-corrected chi connectivity index (χ1v) is 6.11. The van der Waals surface area contributed by atoms with Gasteiger partial charge >= 0.3 is 0 Å². The summed E-state index contributed by atoms with van der Waals surface area (Å²) in [5, 5.41) is 2.96. The van der Waals surface area contributed by atoms with E-state index in [1.54, 1.807) is 12.4 Å². The summed E-state index contributed by atoms with van der Waals surface area (Å²) in [4.78, 5) is 15.7. The number of carbonyl (C=O) groups is 1. The Balaban J connectivity index is 1.81. The summed E-state index contributed by atoms with van der Waals surface area (Å²) in [6.07, 6.45) is 6.24. The van der Waals surface area contributed by atoms with Crippen LogP contribution in [0.5, 0.6) is 0 Å². The first-order valence-electron chi connectivity index (χ1n) is 6.11. The molecule has 1 fully saturated rings. The van der Waals surface area contributed by atoms with Gasteiger partial charge in [0.15, 0.2) is 0 Å². The Labute approximate surface area is 102 Å². The average Bonchev–Trinajstić information content (AvgIpc) is 3.13. The first kappa shape index (κ1) is 12.0. The molecule has 2 rings (SSSR count). The Morgan fingerprint density at radius 3 is 2.76 bits per heavy atom. The maximum Gasteiger partial charge on any atom is 0.222 e. The van der Waals surface area contributed by atoms with Crippen LogP contribution in [0.25, 0.3) is 0 Å². The minimum Gasteiger partial charge on any atom is -0.350 e. The van der Waals surface area contributed by atoms with Crippen LogP contribution in [-0.2, 0) is 4.79 Å². The van der Waals surface area contributed by atoms with Crippen molar-refractivity contribution in [1.29, 1.82) is 0 Å². The van der Waals surface area contributed by atoms with E-state index in [0.29, 0.717) is 12.3 Å². The second kappa shape index (κ2) is 5.27. The van der Waals surface area contributed by atoms with Gasteiger partial charge in [0.25, 0.3) is 0 Å². The van der Waals surface area contributed by atoms with Crippen molar-refractivity contribution in [3.63, 3.8) is 0 Å². The second-order valence-corrected chi connectivity index (χ2v) is 4.78. The van der Waals surface area contributed by atoms with Crippen molar-refractivity contribution in [2.24, 2.45) is 11.7 Å². The molecule has 3 N–H and O–H groups in total. The van der Waals surface area contributed by atoms with Crippen molar-refractivity contribution >= 4 is 5.91 Å². The Morgan fingerprint density at radius 1 is 1.53 bits per heavy atom. The molecule has 0 radical (unpaired) electrons. The highest BCUT2D eigenvalue weighted by molar-refractivity contribution is 5.77. The molecular formula is C13H19N3O. The van der Waals surface area contributed by atoms with Gasteiger partial charge in [-0.3, -0.25) is 9.78 Å². The lowest BCUT2D eigenvalue weighted by atomic mass is 10.1. The van der Waals surface area contributed by atoms with Crippen molar-refractivity contribution in [1.82, 2.24) is 10.3 Å². The monoisotopic (exact) mass is 233 g/mol. The van der Waals surface area contributed by atoms with Crippen molar-refractivity contribution in [3.8, 4) is 0 Å². The largest absolute Gasteiger partial charge is 0.350 e. The van der Waals surface area contributed by atoms with Crippen LogP contribution >= 0.6 is 0 Å². The molecule has 1 aliphatic rings. The van der Waals surface area contributed by atoms with Crippen molar-refractivity contribution < 1.29 is 4.79 Å². The normalized spacial score (nSPS) is 18.5. The van der Waals surface area contributed by atoms with E-state index in [1.807, 2.05) is 19.1 Å². The fourth-order valence-electron chi connectivity index (χ4n) is 1.94. The van der Waals surface area contributed by atoms with Gasteiger partial charge in [-0.1, -0.05) is 0 Å². The topological polar surface area (TPSA) is 68.0 Å². The molecule has 0 saturated heterocycles. The SMILES string of the molecule is C[C@H](NC(=O)CC(N)C1CC1)c1ccncc1. The van der Waals surface area contributed by atoms with Crippen molar-refractivity contribution in [3.05, 3.63) is 30.1 Å². The van der Waals surface area contributed by atoms with Crippen LogP contribution in [0.4, 0.5) is 0 Å². The summed E-state index contributed by atoms with van der Waals surface area (Å²) in [5.74, 6) is 0.602. The van der Waals surface area contributed by atoms with Crippen LogP contribution in [0.1, 0.15) is 37.8 Å². The van der Waals surface area contributed by atoms with Crippen LogP contribution in [0, 0.1) is 5.92 Å². The lowest BCUT2D eigenvalue weighted by molar-refractivity contribution is -0.122. The number of pyridine rings is 1. The van der Waals surface area contributed by atoms with Gasteiger partial charge in [-0.15, -0.1) is 0 Å². The fraction of sp³-hybridized carbons (Fsp3) is 0.538. The highest BCUT2D eigenvalue weighted by Crippen LogP contribution is 2.32. The van der Waals surface area contributed by atoms with Gasteiger partial charge < -0.3 is 11.1 Å². The van der Waals surface area contributed by atoms with E-state index in [0.717, 1.165) is 5.56 Å². The Hall–Kier alpha value is -1.42. The van der Waals surface area contributed by atoms with Gasteiger partial charge in [-0.25, -0.2) is 0 Å². The van der Waals surface area contributed by atoms with E-state index in [2.05, 4.69) is 10.3 Å². The minimum absolute atomic E-state index is 0.0110. The van der Waals surface area contributed by atoms with E-state index in [9.17, 15) is 4.79 Å². The van der Waals surface area contributed by atoms with Gasteiger partial charge in [0.05, 0.1) is 6.04 Å². The summed E-state index contributed by atoms with van der Waals surface area (Å²) >= 11 is 0. The van der Waals surface area contributed by atoms with Crippen molar-refractivity contribution in [2.45, 2.75) is 38.3 Å². The van der Waals surface area contributed by atoms with Gasteiger partial charge in [-0.2, -0.15) is 0 Å². The summed E-state index contributed by atoms with van der Waals surface area (Å²) in [7, 11) is 0. The summed E-state index contributed by atoms with van der Waals surface area (Å²) in [6.45, 7) is 1.97. The number of carbonyl (C=O) groups excluding carboxylic acids is 1. The third kappa shape index (κ3) is 3.53. The molecule has 0 spiro atoms. The minimum atomic E-state index is 0.0110. The number of nitrogens with one attached hydrogen (secondary N) is 1. The van der Waals surface area contributed by atoms with E-state index >= 15 is 0 Å². The van der Waals surface area contributed by atoms with Crippen LogP contribution in [0.15, 0.2) is 24.5 Å².